The van der Waals surface area contributed by atoms with Gasteiger partial charge in [0.25, 0.3) is 5.91 Å². The molecule has 1 saturated heterocycles. The van der Waals surface area contributed by atoms with Crippen molar-refractivity contribution >= 4 is 5.91 Å². The fraction of sp³-hybridized carbons (Fsp3) is 0.381. The van der Waals surface area contributed by atoms with Crippen molar-refractivity contribution in [3.05, 3.63) is 59.9 Å². The van der Waals surface area contributed by atoms with E-state index in [1.807, 2.05) is 35.2 Å². The van der Waals surface area contributed by atoms with Crippen LogP contribution in [0.15, 0.2) is 47.4 Å². The quantitative estimate of drug-likeness (QED) is 0.743. The van der Waals surface area contributed by atoms with Gasteiger partial charge in [0, 0.05) is 37.3 Å². The van der Waals surface area contributed by atoms with Crippen LogP contribution in [0, 0.1) is 0 Å². The molecule has 0 bridgehead atoms. The molecule has 5 rings (SSSR count). The summed E-state index contributed by atoms with van der Waals surface area (Å²) in [5.41, 5.74) is 4.34. The predicted molar refractivity (Wildman–Crippen MR) is 104 cm³/mol. The number of likely N-dealkylation sites (N-methyl/N-ethyl adjacent to an activating group) is 1. The second-order valence-electron chi connectivity index (χ2n) is 7.67. The van der Waals surface area contributed by atoms with Gasteiger partial charge >= 0.3 is 0 Å². The number of carbonyl (C=O) groups is 1. The molecule has 28 heavy (non-hydrogen) atoms. The van der Waals surface area contributed by atoms with Gasteiger partial charge in [-0.15, -0.1) is 0 Å². The molecule has 1 amide bonds. The van der Waals surface area contributed by atoms with E-state index in [-0.39, 0.29) is 11.4 Å². The van der Waals surface area contributed by atoms with Gasteiger partial charge in [-0.1, -0.05) is 35.5 Å². The fourth-order valence-electron chi connectivity index (χ4n) is 4.65. The Kier molecular flexibility index (Phi) is 4.05. The van der Waals surface area contributed by atoms with Gasteiger partial charge in [0.2, 0.25) is 0 Å². The van der Waals surface area contributed by atoms with Crippen molar-refractivity contribution in [2.75, 3.05) is 26.7 Å². The zero-order valence-electron chi connectivity index (χ0n) is 15.9. The van der Waals surface area contributed by atoms with E-state index in [0.29, 0.717) is 24.3 Å². The maximum atomic E-state index is 13.2. The topological polar surface area (TPSA) is 78.3 Å². The van der Waals surface area contributed by atoms with Gasteiger partial charge in [0.1, 0.15) is 17.5 Å². The highest BCUT2D eigenvalue weighted by Crippen LogP contribution is 2.41. The van der Waals surface area contributed by atoms with Crippen molar-refractivity contribution < 1.29 is 9.32 Å². The van der Waals surface area contributed by atoms with Crippen molar-refractivity contribution in [2.24, 2.45) is 0 Å². The van der Waals surface area contributed by atoms with Crippen LogP contribution >= 0.6 is 0 Å². The monoisotopic (exact) mass is 377 g/mol. The van der Waals surface area contributed by atoms with E-state index in [2.05, 4.69) is 27.1 Å². The van der Waals surface area contributed by atoms with Gasteiger partial charge in [-0.25, -0.2) is 4.98 Å². The lowest BCUT2D eigenvalue weighted by Crippen LogP contribution is -2.55. The molecule has 1 aromatic carbocycles. The van der Waals surface area contributed by atoms with Gasteiger partial charge in [0.05, 0.1) is 17.6 Å². The summed E-state index contributed by atoms with van der Waals surface area (Å²) < 4.78 is 5.16. The number of piperidine rings is 1. The molecule has 1 spiro atoms. The van der Waals surface area contributed by atoms with E-state index in [4.69, 9.17) is 4.52 Å². The first-order chi connectivity index (χ1) is 13.7. The zero-order valence-corrected chi connectivity index (χ0v) is 15.9. The smallest absolute Gasteiger partial charge is 0.259 e. The molecule has 2 aromatic heterocycles. The SMILES string of the molecule is CN1CCc2[nH]cnc2C12CCN(C(=O)c1conc1-c1ccccc1)CC2. The number of fused-ring (bicyclic) bond motifs is 2. The third-order valence-electron chi connectivity index (χ3n) is 6.31. The number of hydrogen-bond acceptors (Lipinski definition) is 5. The second kappa shape index (κ2) is 6.60. The number of H-pyrrole nitrogens is 1. The summed E-state index contributed by atoms with van der Waals surface area (Å²) >= 11 is 0. The van der Waals surface area contributed by atoms with Crippen LogP contribution in [-0.2, 0) is 12.0 Å². The van der Waals surface area contributed by atoms with Crippen LogP contribution in [-0.4, -0.2) is 57.5 Å². The summed E-state index contributed by atoms with van der Waals surface area (Å²) in [4.78, 5) is 25.4. The van der Waals surface area contributed by atoms with E-state index in [9.17, 15) is 4.79 Å². The first kappa shape index (κ1) is 17.2. The number of nitrogens with one attached hydrogen (secondary N) is 1. The Morgan fingerprint density at radius 1 is 1.18 bits per heavy atom. The molecule has 1 N–H and O–H groups in total. The number of aromatic amines is 1. The van der Waals surface area contributed by atoms with Crippen molar-refractivity contribution in [3.63, 3.8) is 0 Å². The molecule has 2 aliphatic heterocycles. The molecule has 7 nitrogen and oxygen atoms in total. The minimum atomic E-state index is -0.0821. The summed E-state index contributed by atoms with van der Waals surface area (Å²) in [6, 6.07) is 9.69. The number of amides is 1. The van der Waals surface area contributed by atoms with E-state index < -0.39 is 0 Å². The number of nitrogens with zero attached hydrogens (tertiary/aromatic N) is 4. The first-order valence-electron chi connectivity index (χ1n) is 9.72. The normalized spacial score (nSPS) is 19.0. The number of likely N-dealkylation sites (tertiary alicyclic amines) is 1. The van der Waals surface area contributed by atoms with E-state index >= 15 is 0 Å². The molecule has 0 radical (unpaired) electrons. The highest BCUT2D eigenvalue weighted by atomic mass is 16.5. The Balaban J connectivity index is 1.38. The van der Waals surface area contributed by atoms with Crippen LogP contribution in [0.2, 0.25) is 0 Å². The molecule has 3 aromatic rings. The standard InChI is InChI=1S/C21H23N5O2/c1-25-10-7-17-19(23-14-22-17)21(25)8-11-26(12-9-21)20(27)16-13-28-24-18(16)15-5-3-2-4-6-15/h2-6,13-14H,7-12H2,1H3,(H,22,23). The maximum Gasteiger partial charge on any atom is 0.259 e. The molecule has 4 heterocycles. The van der Waals surface area contributed by atoms with Crippen LogP contribution in [0.25, 0.3) is 11.3 Å². The Bertz CT molecular complexity index is 985. The van der Waals surface area contributed by atoms with Crippen LogP contribution < -0.4 is 0 Å². The van der Waals surface area contributed by atoms with Crippen molar-refractivity contribution in [3.8, 4) is 11.3 Å². The number of benzene rings is 1. The van der Waals surface area contributed by atoms with Gasteiger partial charge in [0.15, 0.2) is 0 Å². The van der Waals surface area contributed by atoms with Crippen LogP contribution in [0.4, 0.5) is 0 Å². The van der Waals surface area contributed by atoms with Crippen molar-refractivity contribution in [2.45, 2.75) is 24.8 Å². The molecule has 0 unspecified atom stereocenters. The van der Waals surface area contributed by atoms with E-state index in [1.54, 1.807) is 6.33 Å². The van der Waals surface area contributed by atoms with Crippen LogP contribution in [0.5, 0.6) is 0 Å². The molecule has 0 saturated carbocycles. The minimum Gasteiger partial charge on any atom is -0.363 e. The zero-order chi connectivity index (χ0) is 19.1. The lowest BCUT2D eigenvalue weighted by molar-refractivity contribution is 0.0226. The second-order valence-corrected chi connectivity index (χ2v) is 7.67. The molecular formula is C21H23N5O2. The molecular weight excluding hydrogens is 354 g/mol. The van der Waals surface area contributed by atoms with E-state index in [0.717, 1.165) is 37.1 Å². The van der Waals surface area contributed by atoms with Gasteiger partial charge < -0.3 is 14.4 Å². The Morgan fingerprint density at radius 2 is 1.96 bits per heavy atom. The molecule has 1 fully saturated rings. The lowest BCUT2D eigenvalue weighted by atomic mass is 9.79. The predicted octanol–water partition coefficient (Wildman–Crippen LogP) is 2.68. The number of hydrogen-bond donors (Lipinski definition) is 1. The van der Waals surface area contributed by atoms with E-state index in [1.165, 1.54) is 12.0 Å². The molecule has 2 aliphatic rings. The van der Waals surface area contributed by atoms with Gasteiger partial charge in [-0.3, -0.25) is 9.69 Å². The number of aromatic nitrogens is 3. The average Bonchev–Trinajstić information content (AvgIpc) is 3.42. The summed E-state index contributed by atoms with van der Waals surface area (Å²) in [5, 5.41) is 4.08. The third-order valence-corrected chi connectivity index (χ3v) is 6.31. The molecule has 0 atom stereocenters. The molecule has 144 valence electrons. The Morgan fingerprint density at radius 3 is 2.75 bits per heavy atom. The Hall–Kier alpha value is -2.93. The summed E-state index contributed by atoms with van der Waals surface area (Å²) in [6.07, 6.45) is 6.01. The van der Waals surface area contributed by atoms with Crippen LogP contribution in [0.3, 0.4) is 0 Å². The lowest BCUT2D eigenvalue weighted by Gasteiger charge is -2.49. The summed E-state index contributed by atoms with van der Waals surface area (Å²) in [6.45, 7) is 2.39. The number of imidazole rings is 1. The summed E-state index contributed by atoms with van der Waals surface area (Å²) in [7, 11) is 2.17. The van der Waals surface area contributed by atoms with Crippen LogP contribution in [0.1, 0.15) is 34.6 Å². The van der Waals surface area contributed by atoms with Gasteiger partial charge in [-0.2, -0.15) is 0 Å². The first-order valence-corrected chi connectivity index (χ1v) is 9.72. The van der Waals surface area contributed by atoms with Crippen molar-refractivity contribution in [1.29, 1.82) is 0 Å². The average molecular weight is 377 g/mol. The molecule has 7 heteroatoms. The fourth-order valence-corrected chi connectivity index (χ4v) is 4.65. The molecule has 0 aliphatic carbocycles. The Labute approximate surface area is 163 Å². The van der Waals surface area contributed by atoms with Crippen molar-refractivity contribution in [1.82, 2.24) is 24.9 Å². The summed E-state index contributed by atoms with van der Waals surface area (Å²) in [5.74, 6) is -0.0179. The minimum absolute atomic E-state index is 0.0179. The number of rotatable bonds is 2. The maximum absolute atomic E-state index is 13.2. The highest BCUT2D eigenvalue weighted by Gasteiger charge is 2.45. The number of carbonyl (C=O) groups excluding carboxylic acids is 1. The third kappa shape index (κ3) is 2.57. The highest BCUT2D eigenvalue weighted by molar-refractivity contribution is 5.99. The van der Waals surface area contributed by atoms with Gasteiger partial charge in [-0.05, 0) is 19.9 Å². The largest absolute Gasteiger partial charge is 0.363 e.